The van der Waals surface area contributed by atoms with Gasteiger partial charge in [-0.1, -0.05) is 29.8 Å². The van der Waals surface area contributed by atoms with E-state index in [1.807, 2.05) is 32.0 Å². The fourth-order valence-electron chi connectivity index (χ4n) is 2.40. The van der Waals surface area contributed by atoms with Gasteiger partial charge in [-0.2, -0.15) is 0 Å². The van der Waals surface area contributed by atoms with E-state index >= 15 is 0 Å². The van der Waals surface area contributed by atoms with Crippen LogP contribution in [0.2, 0.25) is 0 Å². The molecule has 2 aromatic carbocycles. The first kappa shape index (κ1) is 18.6. The summed E-state index contributed by atoms with van der Waals surface area (Å²) in [7, 11) is 0. The fraction of sp³-hybridized carbons (Fsp3) is 0.300. The molecule has 0 aromatic heterocycles. The molecule has 1 amide bonds. The Bertz CT molecular complexity index is 756. The molecule has 0 saturated heterocycles. The molecule has 132 valence electrons. The van der Waals surface area contributed by atoms with Crippen LogP contribution in [0.3, 0.4) is 0 Å². The van der Waals surface area contributed by atoms with E-state index in [1.54, 1.807) is 12.1 Å². The quantitative estimate of drug-likeness (QED) is 0.808. The molecule has 0 fully saturated rings. The number of ether oxygens (including phenoxy) is 1. The van der Waals surface area contributed by atoms with Crippen molar-refractivity contribution in [3.63, 3.8) is 0 Å². The van der Waals surface area contributed by atoms with Crippen LogP contribution in [0.4, 0.5) is 10.1 Å². The number of carbonyl (C=O) groups is 2. The van der Waals surface area contributed by atoms with Crippen LogP contribution in [0.5, 0.6) is 0 Å². The van der Waals surface area contributed by atoms with E-state index in [2.05, 4.69) is 5.32 Å². The third-order valence-corrected chi connectivity index (χ3v) is 3.85. The summed E-state index contributed by atoms with van der Waals surface area (Å²) >= 11 is 0. The van der Waals surface area contributed by atoms with Gasteiger partial charge >= 0.3 is 5.97 Å². The minimum atomic E-state index is -0.888. The number of anilines is 1. The molecule has 2 aromatic rings. The highest BCUT2D eigenvalue weighted by Crippen LogP contribution is 2.16. The Morgan fingerprint density at radius 2 is 1.80 bits per heavy atom. The minimum absolute atomic E-state index is 0.132. The molecule has 2 rings (SSSR count). The summed E-state index contributed by atoms with van der Waals surface area (Å²) in [5, 5.41) is 2.76. The number of rotatable bonds is 6. The summed E-state index contributed by atoms with van der Waals surface area (Å²) in [6.45, 7) is 5.42. The first-order valence-electron chi connectivity index (χ1n) is 8.17. The third-order valence-electron chi connectivity index (χ3n) is 3.85. The van der Waals surface area contributed by atoms with E-state index in [1.165, 1.54) is 19.1 Å². The van der Waals surface area contributed by atoms with Crippen molar-refractivity contribution in [3.05, 3.63) is 65.0 Å². The largest absolute Gasteiger partial charge is 0.453 e. The van der Waals surface area contributed by atoms with Gasteiger partial charge in [-0.25, -0.2) is 4.39 Å². The van der Waals surface area contributed by atoms with E-state index in [0.29, 0.717) is 12.1 Å². The summed E-state index contributed by atoms with van der Waals surface area (Å²) in [6, 6.07) is 11.6. The molecule has 0 aliphatic rings. The Morgan fingerprint density at radius 1 is 1.12 bits per heavy atom. The average molecular weight is 343 g/mol. The lowest BCUT2D eigenvalue weighted by molar-refractivity contribution is -0.153. The zero-order valence-corrected chi connectivity index (χ0v) is 14.6. The maximum Gasteiger partial charge on any atom is 0.306 e. The number of amides is 1. The molecular formula is C20H22FNO3. The molecule has 0 aliphatic carbocycles. The number of hydrogen-bond acceptors (Lipinski definition) is 3. The SMILES string of the molecule is Cc1ccc(NC(=O)[C@@H](C)OC(=O)CCc2ccc(F)cc2)c(C)c1. The van der Waals surface area contributed by atoms with Crippen molar-refractivity contribution >= 4 is 17.6 Å². The van der Waals surface area contributed by atoms with E-state index in [9.17, 15) is 14.0 Å². The highest BCUT2D eigenvalue weighted by Gasteiger charge is 2.18. The van der Waals surface area contributed by atoms with E-state index in [0.717, 1.165) is 16.7 Å². The van der Waals surface area contributed by atoms with E-state index in [-0.39, 0.29) is 18.1 Å². The highest BCUT2D eigenvalue weighted by molar-refractivity contribution is 5.95. The van der Waals surface area contributed by atoms with Gasteiger partial charge in [0.25, 0.3) is 5.91 Å². The van der Waals surface area contributed by atoms with Crippen LogP contribution in [-0.2, 0) is 20.7 Å². The van der Waals surface area contributed by atoms with E-state index < -0.39 is 12.1 Å². The van der Waals surface area contributed by atoms with Crippen LogP contribution >= 0.6 is 0 Å². The molecule has 0 radical (unpaired) electrons. The normalized spacial score (nSPS) is 11.7. The summed E-state index contributed by atoms with van der Waals surface area (Å²) < 4.78 is 18.0. The average Bonchev–Trinajstić information content (AvgIpc) is 2.56. The lowest BCUT2D eigenvalue weighted by Crippen LogP contribution is -2.30. The maximum absolute atomic E-state index is 12.8. The van der Waals surface area contributed by atoms with Crippen molar-refractivity contribution in [1.82, 2.24) is 0 Å². The second kappa shape index (κ2) is 8.42. The monoisotopic (exact) mass is 343 g/mol. The van der Waals surface area contributed by atoms with Gasteiger partial charge < -0.3 is 10.1 Å². The Kier molecular flexibility index (Phi) is 6.28. The topological polar surface area (TPSA) is 55.4 Å². The van der Waals surface area contributed by atoms with Gasteiger partial charge in [0.15, 0.2) is 6.10 Å². The van der Waals surface area contributed by atoms with Gasteiger partial charge in [0, 0.05) is 12.1 Å². The highest BCUT2D eigenvalue weighted by atomic mass is 19.1. The Morgan fingerprint density at radius 3 is 2.44 bits per heavy atom. The molecular weight excluding hydrogens is 321 g/mol. The maximum atomic E-state index is 12.8. The summed E-state index contributed by atoms with van der Waals surface area (Å²) in [5.41, 5.74) is 3.59. The van der Waals surface area contributed by atoms with Gasteiger partial charge in [0.2, 0.25) is 0 Å². The molecule has 1 atom stereocenters. The van der Waals surface area contributed by atoms with Gasteiger partial charge in [0.05, 0.1) is 0 Å². The number of nitrogens with one attached hydrogen (secondary N) is 1. The standard InChI is InChI=1S/C20H22FNO3/c1-13-4-10-18(14(2)12-13)22-20(24)15(3)25-19(23)11-7-16-5-8-17(21)9-6-16/h4-6,8-10,12,15H,7,11H2,1-3H3,(H,22,24)/t15-/m1/s1. The zero-order valence-electron chi connectivity index (χ0n) is 14.6. The number of hydrogen-bond donors (Lipinski definition) is 1. The van der Waals surface area contributed by atoms with Crippen molar-refractivity contribution < 1.29 is 18.7 Å². The van der Waals surface area contributed by atoms with Crippen molar-refractivity contribution in [2.24, 2.45) is 0 Å². The molecule has 25 heavy (non-hydrogen) atoms. The van der Waals surface area contributed by atoms with Crippen LogP contribution in [0.1, 0.15) is 30.0 Å². The predicted octanol–water partition coefficient (Wildman–Crippen LogP) is 3.95. The van der Waals surface area contributed by atoms with Crippen LogP contribution in [0.15, 0.2) is 42.5 Å². The molecule has 4 nitrogen and oxygen atoms in total. The van der Waals surface area contributed by atoms with Crippen LogP contribution in [0.25, 0.3) is 0 Å². The van der Waals surface area contributed by atoms with Crippen LogP contribution < -0.4 is 5.32 Å². The molecule has 1 N–H and O–H groups in total. The van der Waals surface area contributed by atoms with Gasteiger partial charge in [-0.05, 0) is 56.5 Å². The first-order valence-corrected chi connectivity index (χ1v) is 8.17. The van der Waals surface area contributed by atoms with Crippen molar-refractivity contribution in [1.29, 1.82) is 0 Å². The number of benzene rings is 2. The molecule has 5 heteroatoms. The second-order valence-corrected chi connectivity index (χ2v) is 6.07. The molecule has 0 saturated carbocycles. The minimum Gasteiger partial charge on any atom is -0.453 e. The molecule has 0 bridgehead atoms. The van der Waals surface area contributed by atoms with Crippen molar-refractivity contribution in [2.45, 2.75) is 39.7 Å². The molecule has 0 spiro atoms. The van der Waals surface area contributed by atoms with Crippen molar-refractivity contribution in [3.8, 4) is 0 Å². The first-order chi connectivity index (χ1) is 11.8. The van der Waals surface area contributed by atoms with E-state index in [4.69, 9.17) is 4.74 Å². The Hall–Kier alpha value is -2.69. The second-order valence-electron chi connectivity index (χ2n) is 6.07. The zero-order chi connectivity index (χ0) is 18.4. The van der Waals surface area contributed by atoms with Crippen LogP contribution in [-0.4, -0.2) is 18.0 Å². The molecule has 0 aliphatic heterocycles. The number of carbonyl (C=O) groups excluding carboxylic acids is 2. The summed E-state index contributed by atoms with van der Waals surface area (Å²) in [5.74, 6) is -1.15. The van der Waals surface area contributed by atoms with Gasteiger partial charge in [-0.3, -0.25) is 9.59 Å². The van der Waals surface area contributed by atoms with Crippen molar-refractivity contribution in [2.75, 3.05) is 5.32 Å². The number of aryl methyl sites for hydroxylation is 3. The summed E-state index contributed by atoms with van der Waals surface area (Å²) in [6.07, 6.45) is -0.321. The Labute approximate surface area is 147 Å². The fourth-order valence-corrected chi connectivity index (χ4v) is 2.40. The van der Waals surface area contributed by atoms with Gasteiger partial charge in [-0.15, -0.1) is 0 Å². The number of esters is 1. The van der Waals surface area contributed by atoms with Gasteiger partial charge in [0.1, 0.15) is 5.82 Å². The molecule has 0 unspecified atom stereocenters. The lowest BCUT2D eigenvalue weighted by Gasteiger charge is -2.15. The smallest absolute Gasteiger partial charge is 0.306 e. The number of halogens is 1. The Balaban J connectivity index is 1.83. The molecule has 0 heterocycles. The third kappa shape index (κ3) is 5.71. The summed E-state index contributed by atoms with van der Waals surface area (Å²) in [4.78, 5) is 24.1. The van der Waals surface area contributed by atoms with Crippen LogP contribution in [0, 0.1) is 19.7 Å². The lowest BCUT2D eigenvalue weighted by atomic mass is 10.1. The predicted molar refractivity (Wildman–Crippen MR) is 94.8 cm³/mol.